The summed E-state index contributed by atoms with van der Waals surface area (Å²) in [6.07, 6.45) is 1.89. The van der Waals surface area contributed by atoms with Gasteiger partial charge < -0.3 is 9.94 Å². The van der Waals surface area contributed by atoms with Crippen molar-refractivity contribution in [1.82, 2.24) is 0 Å². The average Bonchev–Trinajstić information content (AvgIpc) is 2.12. The summed E-state index contributed by atoms with van der Waals surface area (Å²) in [5, 5.41) is 12.3. The van der Waals surface area contributed by atoms with E-state index in [-0.39, 0.29) is 6.10 Å². The van der Waals surface area contributed by atoms with Crippen molar-refractivity contribution in [3.05, 3.63) is 0 Å². The molecule has 1 aliphatic heterocycles. The molecule has 8 heavy (non-hydrogen) atoms. The quantitative estimate of drug-likeness (QED) is 0.528. The number of hydrogen-bond acceptors (Lipinski definition) is 3. The maximum atomic E-state index is 8.85. The molecule has 3 nitrogen and oxygen atoms in total. The molecule has 0 aromatic rings. The number of oxime groups is 1. The van der Waals surface area contributed by atoms with E-state index >= 15 is 0 Å². The molecule has 2 atom stereocenters. The molecule has 0 fully saturated rings. The molecular weight excluding hydrogens is 106 g/mol. The topological polar surface area (TPSA) is 41.8 Å². The largest absolute Gasteiger partial charge is 0.390 e. The maximum Gasteiger partial charge on any atom is 0.158 e. The molecule has 0 saturated heterocycles. The van der Waals surface area contributed by atoms with Crippen LogP contribution in [0.5, 0.6) is 0 Å². The summed E-state index contributed by atoms with van der Waals surface area (Å²) < 4.78 is 0. The van der Waals surface area contributed by atoms with Crippen molar-refractivity contribution in [3.8, 4) is 0 Å². The standard InChI is InChI=1S/C5H9NO2/c1-4(7)5-2-3-6-8-5/h3-5,7H,2H2,1H3. The third-order valence-corrected chi connectivity index (χ3v) is 1.15. The zero-order valence-electron chi connectivity index (χ0n) is 4.74. The lowest BCUT2D eigenvalue weighted by Crippen LogP contribution is -2.21. The van der Waals surface area contributed by atoms with Crippen LogP contribution in [-0.4, -0.2) is 23.5 Å². The van der Waals surface area contributed by atoms with E-state index < -0.39 is 6.10 Å². The molecule has 0 aromatic heterocycles. The van der Waals surface area contributed by atoms with Crippen molar-refractivity contribution >= 4 is 6.21 Å². The van der Waals surface area contributed by atoms with Crippen molar-refractivity contribution in [3.63, 3.8) is 0 Å². The second-order valence-electron chi connectivity index (χ2n) is 1.91. The molecule has 0 bridgehead atoms. The first-order chi connectivity index (χ1) is 3.80. The summed E-state index contributed by atoms with van der Waals surface area (Å²) in [6, 6.07) is 0. The van der Waals surface area contributed by atoms with Crippen LogP contribution in [0.4, 0.5) is 0 Å². The highest BCUT2D eigenvalue weighted by molar-refractivity contribution is 5.58. The molecule has 46 valence electrons. The second-order valence-corrected chi connectivity index (χ2v) is 1.91. The van der Waals surface area contributed by atoms with Gasteiger partial charge in [-0.1, -0.05) is 5.16 Å². The Morgan fingerprint density at radius 1 is 2.00 bits per heavy atom. The van der Waals surface area contributed by atoms with E-state index in [1.165, 1.54) is 0 Å². The first-order valence-corrected chi connectivity index (χ1v) is 2.66. The van der Waals surface area contributed by atoms with Crippen molar-refractivity contribution in [1.29, 1.82) is 0 Å². The van der Waals surface area contributed by atoms with Gasteiger partial charge in [0.25, 0.3) is 0 Å². The van der Waals surface area contributed by atoms with E-state index in [9.17, 15) is 0 Å². The molecule has 1 heterocycles. The van der Waals surface area contributed by atoms with Crippen LogP contribution < -0.4 is 0 Å². The molecule has 0 spiro atoms. The number of aliphatic hydroxyl groups excluding tert-OH is 1. The summed E-state index contributed by atoms with van der Waals surface area (Å²) in [5.74, 6) is 0. The van der Waals surface area contributed by atoms with Crippen LogP contribution in [0.3, 0.4) is 0 Å². The second kappa shape index (κ2) is 2.13. The van der Waals surface area contributed by atoms with Crippen LogP contribution in [0, 0.1) is 0 Å². The zero-order chi connectivity index (χ0) is 5.98. The molecule has 0 aromatic carbocycles. The van der Waals surface area contributed by atoms with E-state index in [1.54, 1.807) is 13.1 Å². The van der Waals surface area contributed by atoms with Crippen LogP contribution in [0.2, 0.25) is 0 Å². The van der Waals surface area contributed by atoms with Gasteiger partial charge in [-0.2, -0.15) is 0 Å². The van der Waals surface area contributed by atoms with Crippen LogP contribution in [0.1, 0.15) is 13.3 Å². The minimum atomic E-state index is -0.405. The molecule has 2 unspecified atom stereocenters. The van der Waals surface area contributed by atoms with Gasteiger partial charge in [0, 0.05) is 12.6 Å². The van der Waals surface area contributed by atoms with Gasteiger partial charge >= 0.3 is 0 Å². The predicted octanol–water partition coefficient (Wildman–Crippen LogP) is 0.142. The van der Waals surface area contributed by atoms with E-state index in [2.05, 4.69) is 5.16 Å². The van der Waals surface area contributed by atoms with Gasteiger partial charge in [-0.05, 0) is 6.92 Å². The van der Waals surface area contributed by atoms with Crippen LogP contribution >= 0.6 is 0 Å². The summed E-state index contributed by atoms with van der Waals surface area (Å²) in [4.78, 5) is 4.73. The van der Waals surface area contributed by atoms with Crippen molar-refractivity contribution < 1.29 is 9.94 Å². The minimum Gasteiger partial charge on any atom is -0.390 e. The summed E-state index contributed by atoms with van der Waals surface area (Å²) in [6.45, 7) is 1.69. The minimum absolute atomic E-state index is 0.102. The smallest absolute Gasteiger partial charge is 0.158 e. The SMILES string of the molecule is CC(O)C1CC=NO1. The van der Waals surface area contributed by atoms with E-state index in [0.29, 0.717) is 0 Å². The van der Waals surface area contributed by atoms with Crippen LogP contribution in [0.25, 0.3) is 0 Å². The lowest BCUT2D eigenvalue weighted by atomic mass is 10.2. The van der Waals surface area contributed by atoms with Gasteiger partial charge in [0.05, 0.1) is 6.10 Å². The molecule has 0 radical (unpaired) electrons. The Balaban J connectivity index is 2.29. The lowest BCUT2D eigenvalue weighted by molar-refractivity contribution is -0.00780. The average molecular weight is 115 g/mol. The van der Waals surface area contributed by atoms with Crippen molar-refractivity contribution in [2.24, 2.45) is 5.16 Å². The molecule has 0 aliphatic carbocycles. The Hall–Kier alpha value is -0.570. The summed E-state index contributed by atoms with van der Waals surface area (Å²) in [7, 11) is 0. The van der Waals surface area contributed by atoms with E-state index in [1.807, 2.05) is 0 Å². The van der Waals surface area contributed by atoms with Crippen LogP contribution in [0.15, 0.2) is 5.16 Å². The number of hydrogen-bond donors (Lipinski definition) is 1. The van der Waals surface area contributed by atoms with Crippen molar-refractivity contribution in [2.75, 3.05) is 0 Å². The van der Waals surface area contributed by atoms with E-state index in [4.69, 9.17) is 9.94 Å². The Morgan fingerprint density at radius 2 is 2.75 bits per heavy atom. The monoisotopic (exact) mass is 115 g/mol. The Bertz CT molecular complexity index is 92.6. The molecule has 1 N–H and O–H groups in total. The van der Waals surface area contributed by atoms with Gasteiger partial charge in [-0.3, -0.25) is 0 Å². The summed E-state index contributed by atoms with van der Waals surface area (Å²) >= 11 is 0. The molecule has 1 aliphatic rings. The van der Waals surface area contributed by atoms with Gasteiger partial charge in [-0.25, -0.2) is 0 Å². The van der Waals surface area contributed by atoms with Crippen LogP contribution in [-0.2, 0) is 4.84 Å². The van der Waals surface area contributed by atoms with Crippen molar-refractivity contribution in [2.45, 2.75) is 25.6 Å². The normalized spacial score (nSPS) is 30.0. The Kier molecular flexibility index (Phi) is 1.48. The van der Waals surface area contributed by atoms with Gasteiger partial charge in [0.1, 0.15) is 0 Å². The summed E-state index contributed by atoms with van der Waals surface area (Å²) in [5.41, 5.74) is 0. The molecule has 0 amide bonds. The molecule has 1 rings (SSSR count). The van der Waals surface area contributed by atoms with Gasteiger partial charge in [0.2, 0.25) is 0 Å². The van der Waals surface area contributed by atoms with Gasteiger partial charge in [0.15, 0.2) is 6.10 Å². The molecule has 3 heteroatoms. The highest BCUT2D eigenvalue weighted by atomic mass is 16.6. The zero-order valence-corrected chi connectivity index (χ0v) is 4.74. The highest BCUT2D eigenvalue weighted by Crippen LogP contribution is 2.07. The Morgan fingerprint density at radius 3 is 3.00 bits per heavy atom. The third kappa shape index (κ3) is 0.980. The van der Waals surface area contributed by atoms with Gasteiger partial charge in [-0.15, -0.1) is 0 Å². The predicted molar refractivity (Wildman–Crippen MR) is 29.7 cm³/mol. The number of aliphatic hydroxyl groups is 1. The Labute approximate surface area is 48.0 Å². The third-order valence-electron chi connectivity index (χ3n) is 1.15. The fourth-order valence-electron chi connectivity index (χ4n) is 0.596. The number of rotatable bonds is 1. The lowest BCUT2D eigenvalue weighted by Gasteiger charge is -2.08. The first-order valence-electron chi connectivity index (χ1n) is 2.66. The van der Waals surface area contributed by atoms with E-state index in [0.717, 1.165) is 6.42 Å². The maximum absolute atomic E-state index is 8.85. The number of nitrogens with zero attached hydrogens (tertiary/aromatic N) is 1. The fourth-order valence-corrected chi connectivity index (χ4v) is 0.596. The highest BCUT2D eigenvalue weighted by Gasteiger charge is 2.18. The first kappa shape index (κ1) is 5.56. The molecule has 0 saturated carbocycles. The fraction of sp³-hybridized carbons (Fsp3) is 0.800. The molecular formula is C5H9NO2.